The molecule has 12 nitrogen and oxygen atoms in total. The van der Waals surface area contributed by atoms with Crippen molar-refractivity contribution in [2.45, 2.75) is 192 Å². The summed E-state index contributed by atoms with van der Waals surface area (Å²) < 4.78 is 0. The van der Waals surface area contributed by atoms with E-state index in [0.29, 0.717) is 38.5 Å². The maximum absolute atomic E-state index is 12.3. The van der Waals surface area contributed by atoms with Crippen molar-refractivity contribution in [3.63, 3.8) is 0 Å². The van der Waals surface area contributed by atoms with Gasteiger partial charge in [0.15, 0.2) is 11.6 Å². The van der Waals surface area contributed by atoms with Gasteiger partial charge < -0.3 is 41.9 Å². The van der Waals surface area contributed by atoms with Gasteiger partial charge in [0.05, 0.1) is 25.2 Å². The van der Waals surface area contributed by atoms with E-state index in [-0.39, 0.29) is 108 Å². The fourth-order valence-electron chi connectivity index (χ4n) is 7.85. The Labute approximate surface area is 464 Å². The number of hydrogen-bond acceptors (Lipinski definition) is 12. The average molecular weight is 1000 g/mol. The number of aliphatic carboxylic acids is 2. The molecule has 0 aliphatic rings. The second-order valence-electron chi connectivity index (χ2n) is 17.4. The molecule has 6 N–H and O–H groups in total. The molecule has 2 aromatic carbocycles. The minimum atomic E-state index is -1.09. The van der Waals surface area contributed by atoms with E-state index in [1.54, 1.807) is 0 Å². The summed E-state index contributed by atoms with van der Waals surface area (Å²) in [5.41, 5.74) is 14.5. The Morgan fingerprint density at radius 2 is 0.794 bits per heavy atom. The van der Waals surface area contributed by atoms with Crippen LogP contribution in [0.4, 0.5) is 0 Å². The summed E-state index contributed by atoms with van der Waals surface area (Å²) >= 11 is 8.22. The first kappa shape index (κ1) is 68.4. The zero-order valence-corrected chi connectivity index (χ0v) is 47.8. The number of hydrogen-bond donors (Lipinski definition) is 6. The molecule has 16 heteroatoms. The average Bonchev–Trinajstić information content (AvgIpc) is 3.32. The van der Waals surface area contributed by atoms with Gasteiger partial charge in [0, 0.05) is 48.1 Å². The molecule has 2 amide bonds. The molecule has 0 saturated heterocycles. The van der Waals surface area contributed by atoms with Crippen molar-refractivity contribution in [1.29, 1.82) is 0 Å². The number of benzene rings is 2. The molecule has 0 heterocycles. The van der Waals surface area contributed by atoms with E-state index in [2.05, 4.69) is 49.7 Å². The number of carboxylic acid groups (broad SMARTS) is 2. The van der Waals surface area contributed by atoms with Gasteiger partial charge in [-0.05, 0) is 73.6 Å². The van der Waals surface area contributed by atoms with E-state index in [1.807, 2.05) is 48.5 Å². The molecular weight excluding hydrogens is 919 g/mol. The Morgan fingerprint density at radius 1 is 0.485 bits per heavy atom. The Hall–Kier alpha value is -1.72. The summed E-state index contributed by atoms with van der Waals surface area (Å²) in [6.07, 6.45) is 23.4. The van der Waals surface area contributed by atoms with Crippen LogP contribution in [0.3, 0.4) is 0 Å². The third kappa shape index (κ3) is 31.6. The predicted octanol–water partition coefficient (Wildman–Crippen LogP) is 0.640. The van der Waals surface area contributed by atoms with E-state index in [0.717, 1.165) is 36.8 Å². The van der Waals surface area contributed by atoms with Gasteiger partial charge in [-0.3, -0.25) is 19.2 Å². The molecule has 0 unspecified atom stereocenters. The zero-order chi connectivity index (χ0) is 49.0. The molecule has 0 fully saturated rings. The Balaban J connectivity index is 0. The SMILES string of the molecule is CCCCCCCCCc1ccc([C@@H](CCCCC(=O)[C@H](CS)NC(=O)CN)C(=O)[O-])cc1.CCCCCCCCCc1ccc([C@@H](CCCCC(=O)[C@H](CS)NC(=O)CN)C(=O)[O-])cc1.[Na+].[Na+]. The number of unbranched alkanes of at least 4 members (excludes halogenated alkanes) is 14. The van der Waals surface area contributed by atoms with Crippen LogP contribution in [0.1, 0.15) is 189 Å². The summed E-state index contributed by atoms with van der Waals surface area (Å²) in [6, 6.07) is 14.3. The molecular formula is C52H82N4Na2O8S2. The molecule has 2 aromatic rings. The molecule has 0 radical (unpaired) electrons. The minimum absolute atomic E-state index is 0. The normalized spacial score (nSPS) is 12.4. The number of carbonyl (C=O) groups is 6. The van der Waals surface area contributed by atoms with Crippen LogP contribution in [0.15, 0.2) is 48.5 Å². The number of thiol groups is 2. The van der Waals surface area contributed by atoms with Gasteiger partial charge in [0.2, 0.25) is 11.8 Å². The molecule has 0 saturated carbocycles. The van der Waals surface area contributed by atoms with Crippen molar-refractivity contribution in [3.05, 3.63) is 70.8 Å². The maximum Gasteiger partial charge on any atom is 1.00 e. The third-order valence-electron chi connectivity index (χ3n) is 12.0. The van der Waals surface area contributed by atoms with Crippen LogP contribution in [0.5, 0.6) is 0 Å². The fourth-order valence-corrected chi connectivity index (χ4v) is 8.44. The first-order valence-corrected chi connectivity index (χ1v) is 26.0. The summed E-state index contributed by atoms with van der Waals surface area (Å²) in [4.78, 5) is 70.7. The molecule has 0 aliphatic carbocycles. The molecule has 2 rings (SSSR count). The summed E-state index contributed by atoms with van der Waals surface area (Å²) in [7, 11) is 0. The Morgan fingerprint density at radius 3 is 1.07 bits per heavy atom. The second-order valence-corrected chi connectivity index (χ2v) is 18.1. The number of carboxylic acids is 2. The largest absolute Gasteiger partial charge is 1.00 e. The fraction of sp³-hybridized carbons (Fsp3) is 0.654. The number of rotatable bonds is 38. The van der Waals surface area contributed by atoms with E-state index < -0.39 is 47.7 Å². The Bertz CT molecular complexity index is 1550. The smallest absolute Gasteiger partial charge is 0.549 e. The minimum Gasteiger partial charge on any atom is -0.549 e. The summed E-state index contributed by atoms with van der Waals surface area (Å²) in [5, 5.41) is 28.5. The van der Waals surface area contributed by atoms with Gasteiger partial charge in [-0.15, -0.1) is 0 Å². The van der Waals surface area contributed by atoms with Gasteiger partial charge >= 0.3 is 59.1 Å². The maximum atomic E-state index is 12.3. The molecule has 68 heavy (non-hydrogen) atoms. The van der Waals surface area contributed by atoms with Gasteiger partial charge in [0.1, 0.15) is 0 Å². The number of Topliss-reactive ketones (excluding diaryl/α,β-unsaturated/α-hetero) is 2. The first-order valence-electron chi connectivity index (χ1n) is 24.7. The van der Waals surface area contributed by atoms with Crippen LogP contribution in [0.25, 0.3) is 0 Å². The first-order chi connectivity index (χ1) is 31.8. The number of nitrogens with two attached hydrogens (primary N) is 2. The molecule has 0 bridgehead atoms. The van der Waals surface area contributed by atoms with Gasteiger partial charge in [0.25, 0.3) is 0 Å². The van der Waals surface area contributed by atoms with Crippen molar-refractivity contribution in [2.24, 2.45) is 11.5 Å². The van der Waals surface area contributed by atoms with Crippen LogP contribution in [0.2, 0.25) is 0 Å². The standard InChI is InChI=1S/2C26H42N2O4S.2Na/c2*1-2-3-4-5-6-7-8-11-20-14-16-21(17-15-20)22(26(31)32)12-9-10-13-24(29)23(19-33)28-25(30)18-27;;/h2*14-17,22-23,33H,2-13,18-19,27H2,1H3,(H,28,30)(H,31,32);;/q;;2*+1/p-2/t2*22-,23+;;/m11../s1. The molecule has 4 atom stereocenters. The van der Waals surface area contributed by atoms with Crippen molar-refractivity contribution in [3.8, 4) is 0 Å². The Kier molecular flexibility index (Phi) is 44.2. The molecule has 372 valence electrons. The van der Waals surface area contributed by atoms with Gasteiger partial charge in [-0.1, -0.05) is 152 Å². The molecule has 0 aliphatic heterocycles. The van der Waals surface area contributed by atoms with Crippen molar-refractivity contribution in [1.82, 2.24) is 10.6 Å². The predicted molar refractivity (Wildman–Crippen MR) is 268 cm³/mol. The third-order valence-corrected chi connectivity index (χ3v) is 12.7. The van der Waals surface area contributed by atoms with Crippen molar-refractivity contribution >= 4 is 60.6 Å². The number of ketones is 2. The topological polar surface area (TPSA) is 225 Å². The van der Waals surface area contributed by atoms with E-state index in [4.69, 9.17) is 11.5 Å². The number of carbonyl (C=O) groups excluding carboxylic acids is 6. The zero-order valence-electron chi connectivity index (χ0n) is 42.0. The monoisotopic (exact) mass is 1000 g/mol. The van der Waals surface area contributed by atoms with Crippen LogP contribution in [0, 0.1) is 0 Å². The number of aryl methyl sites for hydroxylation is 2. The summed E-state index contributed by atoms with van der Waals surface area (Å²) in [6.45, 7) is 4.09. The van der Waals surface area contributed by atoms with E-state index >= 15 is 0 Å². The van der Waals surface area contributed by atoms with Crippen LogP contribution in [-0.2, 0) is 41.6 Å². The summed E-state index contributed by atoms with van der Waals surface area (Å²) in [5.74, 6) is -4.18. The van der Waals surface area contributed by atoms with Crippen molar-refractivity contribution in [2.75, 3.05) is 24.6 Å². The molecule has 0 spiro atoms. The second kappa shape index (κ2) is 44.0. The van der Waals surface area contributed by atoms with E-state index in [9.17, 15) is 39.0 Å². The quantitative estimate of drug-likeness (QED) is 0.0313. The number of nitrogens with one attached hydrogen (secondary N) is 2. The van der Waals surface area contributed by atoms with Crippen LogP contribution >= 0.6 is 25.3 Å². The van der Waals surface area contributed by atoms with E-state index in [1.165, 1.54) is 88.2 Å². The molecule has 0 aromatic heterocycles. The van der Waals surface area contributed by atoms with Gasteiger partial charge in [-0.2, -0.15) is 25.3 Å². The van der Waals surface area contributed by atoms with Crippen LogP contribution in [-0.4, -0.2) is 72.0 Å². The van der Waals surface area contributed by atoms with Crippen molar-refractivity contribution < 1.29 is 98.1 Å². The number of amides is 2. The van der Waals surface area contributed by atoms with Gasteiger partial charge in [-0.25, -0.2) is 0 Å². The van der Waals surface area contributed by atoms with Crippen LogP contribution < -0.4 is 91.4 Å².